The minimum Gasteiger partial charge on any atom is -0.297 e. The van der Waals surface area contributed by atoms with Crippen LogP contribution in [-0.4, -0.2) is 14.9 Å². The summed E-state index contributed by atoms with van der Waals surface area (Å²) in [6.07, 6.45) is 3.27. The van der Waals surface area contributed by atoms with Crippen LogP contribution in [0.4, 0.5) is 0 Å². The topological polar surface area (TPSA) is 44.0 Å². The molecule has 0 amide bonds. The van der Waals surface area contributed by atoms with Crippen LogP contribution < -0.4 is 5.69 Å². The summed E-state index contributed by atoms with van der Waals surface area (Å²) in [5.41, 5.74) is 0.152. The quantitative estimate of drug-likeness (QED) is 0.812. The predicted molar refractivity (Wildman–Crippen MR) is 79.9 cm³/mol. The van der Waals surface area contributed by atoms with Crippen molar-refractivity contribution in [2.45, 2.75) is 26.4 Å². The molecule has 0 bridgehead atoms. The largest absolute Gasteiger partial charge is 0.328 e. The molecule has 2 rings (SSSR count). The summed E-state index contributed by atoms with van der Waals surface area (Å²) in [4.78, 5) is 24.2. The molecule has 1 aromatic carbocycles. The lowest BCUT2D eigenvalue weighted by molar-refractivity contribution is 0.0970. The van der Waals surface area contributed by atoms with Crippen LogP contribution in [0.2, 0.25) is 10.0 Å². The van der Waals surface area contributed by atoms with Crippen LogP contribution in [0.3, 0.4) is 0 Å². The molecule has 6 heteroatoms. The van der Waals surface area contributed by atoms with Gasteiger partial charge in [0, 0.05) is 29.0 Å². The van der Waals surface area contributed by atoms with E-state index in [9.17, 15) is 9.59 Å². The number of benzene rings is 1. The summed E-state index contributed by atoms with van der Waals surface area (Å²) in [6, 6.07) is 4.73. The van der Waals surface area contributed by atoms with Gasteiger partial charge in [0.2, 0.25) is 0 Å². The molecule has 0 saturated carbocycles. The van der Waals surface area contributed by atoms with E-state index in [0.717, 1.165) is 0 Å². The van der Waals surface area contributed by atoms with Gasteiger partial charge in [-0.25, -0.2) is 4.79 Å². The maximum absolute atomic E-state index is 12.2. The Hall–Kier alpha value is -1.52. The van der Waals surface area contributed by atoms with Crippen molar-refractivity contribution in [3.8, 4) is 0 Å². The summed E-state index contributed by atoms with van der Waals surface area (Å²) < 4.78 is 2.93. The summed E-state index contributed by atoms with van der Waals surface area (Å²) in [6.45, 7) is 3.77. The number of carbonyl (C=O) groups excluding carboxylic acids is 1. The first-order valence-corrected chi connectivity index (χ1v) is 6.91. The normalized spacial score (nSPS) is 11.1. The third kappa shape index (κ3) is 2.97. The third-order valence-electron chi connectivity index (χ3n) is 2.98. The standard InChI is InChI=1S/C14H14Cl2N2O2/c1-9(2)18-6-5-17(14(18)20)8-13(19)11-4-3-10(15)7-12(11)16/h3-7,9H,8H2,1-2H3. The molecule has 0 saturated heterocycles. The lowest BCUT2D eigenvalue weighted by Gasteiger charge is -2.06. The molecule has 0 N–H and O–H groups in total. The van der Waals surface area contributed by atoms with Gasteiger partial charge < -0.3 is 0 Å². The molecule has 20 heavy (non-hydrogen) atoms. The second kappa shape index (κ2) is 5.85. The molecule has 0 fully saturated rings. The molecule has 0 spiro atoms. The molecule has 0 unspecified atom stereocenters. The van der Waals surface area contributed by atoms with Gasteiger partial charge >= 0.3 is 5.69 Å². The van der Waals surface area contributed by atoms with Gasteiger partial charge in [0.1, 0.15) is 0 Å². The number of hydrogen-bond donors (Lipinski definition) is 0. The molecule has 0 aliphatic heterocycles. The maximum Gasteiger partial charge on any atom is 0.328 e. The Balaban J connectivity index is 2.26. The number of aromatic nitrogens is 2. The highest BCUT2D eigenvalue weighted by atomic mass is 35.5. The summed E-state index contributed by atoms with van der Waals surface area (Å²) >= 11 is 11.8. The van der Waals surface area contributed by atoms with E-state index in [0.29, 0.717) is 15.6 Å². The van der Waals surface area contributed by atoms with Gasteiger partial charge in [0.25, 0.3) is 0 Å². The Morgan fingerprint density at radius 3 is 2.50 bits per heavy atom. The summed E-state index contributed by atoms with van der Waals surface area (Å²) in [5.74, 6) is -0.227. The van der Waals surface area contributed by atoms with Crippen molar-refractivity contribution < 1.29 is 4.79 Å². The zero-order chi connectivity index (χ0) is 14.9. The molecule has 1 aromatic heterocycles. The van der Waals surface area contributed by atoms with E-state index in [1.54, 1.807) is 29.1 Å². The second-order valence-corrected chi connectivity index (χ2v) is 5.60. The lowest BCUT2D eigenvalue weighted by atomic mass is 10.1. The average molecular weight is 313 g/mol. The molecule has 2 aromatic rings. The smallest absolute Gasteiger partial charge is 0.297 e. The summed E-state index contributed by atoms with van der Waals surface area (Å²) in [7, 11) is 0. The van der Waals surface area contributed by atoms with Crippen molar-refractivity contribution in [3.63, 3.8) is 0 Å². The Morgan fingerprint density at radius 1 is 1.25 bits per heavy atom. The van der Waals surface area contributed by atoms with Crippen molar-refractivity contribution in [2.24, 2.45) is 0 Å². The minimum absolute atomic E-state index is 0.0418. The monoisotopic (exact) mass is 312 g/mol. The Morgan fingerprint density at radius 2 is 1.95 bits per heavy atom. The molecule has 1 heterocycles. The molecule has 106 valence electrons. The molecular formula is C14H14Cl2N2O2. The van der Waals surface area contributed by atoms with Gasteiger partial charge in [-0.2, -0.15) is 0 Å². The number of Topliss-reactive ketones (excluding diaryl/α,β-unsaturated/α-hetero) is 1. The first kappa shape index (κ1) is 14.9. The number of hydrogen-bond acceptors (Lipinski definition) is 2. The highest BCUT2D eigenvalue weighted by Crippen LogP contribution is 2.21. The highest BCUT2D eigenvalue weighted by molar-refractivity contribution is 6.36. The van der Waals surface area contributed by atoms with Crippen LogP contribution in [0.15, 0.2) is 35.4 Å². The van der Waals surface area contributed by atoms with Crippen molar-refractivity contribution in [2.75, 3.05) is 0 Å². The third-order valence-corrected chi connectivity index (χ3v) is 3.52. The minimum atomic E-state index is -0.227. The van der Waals surface area contributed by atoms with Gasteiger partial charge in [-0.3, -0.25) is 13.9 Å². The molecule has 0 atom stereocenters. The number of nitrogens with zero attached hydrogens (tertiary/aromatic N) is 2. The Kier molecular flexibility index (Phi) is 4.35. The number of carbonyl (C=O) groups is 1. The van der Waals surface area contributed by atoms with E-state index in [1.165, 1.54) is 10.6 Å². The summed E-state index contributed by atoms with van der Waals surface area (Å²) in [5, 5.41) is 0.758. The zero-order valence-corrected chi connectivity index (χ0v) is 12.6. The van der Waals surface area contributed by atoms with E-state index in [4.69, 9.17) is 23.2 Å². The fourth-order valence-corrected chi connectivity index (χ4v) is 2.41. The zero-order valence-electron chi connectivity index (χ0n) is 11.1. The van der Waals surface area contributed by atoms with Crippen molar-refractivity contribution in [3.05, 3.63) is 56.7 Å². The van der Waals surface area contributed by atoms with Crippen LogP contribution in [0.1, 0.15) is 30.2 Å². The fraction of sp³-hybridized carbons (Fsp3) is 0.286. The van der Waals surface area contributed by atoms with Gasteiger partial charge in [-0.1, -0.05) is 23.2 Å². The van der Waals surface area contributed by atoms with Crippen LogP contribution in [0, 0.1) is 0 Å². The van der Waals surface area contributed by atoms with Crippen molar-refractivity contribution >= 4 is 29.0 Å². The SMILES string of the molecule is CC(C)n1ccn(CC(=O)c2ccc(Cl)cc2Cl)c1=O. The Labute approximate surface area is 126 Å². The molecule has 0 radical (unpaired) electrons. The van der Waals surface area contributed by atoms with Gasteiger partial charge in [-0.15, -0.1) is 0 Å². The fourth-order valence-electron chi connectivity index (χ4n) is 1.90. The van der Waals surface area contributed by atoms with E-state index in [-0.39, 0.29) is 24.1 Å². The van der Waals surface area contributed by atoms with Gasteiger partial charge in [0.15, 0.2) is 5.78 Å². The predicted octanol–water partition coefficient (Wildman–Crippen LogP) is 3.42. The van der Waals surface area contributed by atoms with Gasteiger partial charge in [0.05, 0.1) is 11.6 Å². The lowest BCUT2D eigenvalue weighted by Crippen LogP contribution is -2.27. The maximum atomic E-state index is 12.2. The number of halogens is 2. The van der Waals surface area contributed by atoms with E-state index < -0.39 is 0 Å². The molecule has 0 aliphatic rings. The highest BCUT2D eigenvalue weighted by Gasteiger charge is 2.14. The first-order chi connectivity index (χ1) is 9.40. The first-order valence-electron chi connectivity index (χ1n) is 6.15. The van der Waals surface area contributed by atoms with Crippen LogP contribution in [-0.2, 0) is 6.54 Å². The molecular weight excluding hydrogens is 299 g/mol. The molecule has 0 aliphatic carbocycles. The van der Waals surface area contributed by atoms with E-state index in [2.05, 4.69) is 0 Å². The number of ketones is 1. The van der Waals surface area contributed by atoms with E-state index in [1.807, 2.05) is 13.8 Å². The Bertz CT molecular complexity index is 701. The van der Waals surface area contributed by atoms with E-state index >= 15 is 0 Å². The van der Waals surface area contributed by atoms with Crippen molar-refractivity contribution in [1.29, 1.82) is 0 Å². The van der Waals surface area contributed by atoms with Crippen molar-refractivity contribution in [1.82, 2.24) is 9.13 Å². The second-order valence-electron chi connectivity index (χ2n) is 4.76. The van der Waals surface area contributed by atoms with Crippen LogP contribution in [0.5, 0.6) is 0 Å². The number of rotatable bonds is 4. The average Bonchev–Trinajstić information content (AvgIpc) is 2.70. The molecule has 4 nitrogen and oxygen atoms in total. The van der Waals surface area contributed by atoms with Crippen LogP contribution in [0.25, 0.3) is 0 Å². The van der Waals surface area contributed by atoms with Gasteiger partial charge in [-0.05, 0) is 32.0 Å². The number of imidazole rings is 1. The van der Waals surface area contributed by atoms with Crippen LogP contribution >= 0.6 is 23.2 Å².